The van der Waals surface area contributed by atoms with Crippen LogP contribution in [0, 0.1) is 0 Å². The topological polar surface area (TPSA) is 49.4 Å². The van der Waals surface area contributed by atoms with Crippen molar-refractivity contribution in [3.63, 3.8) is 0 Å². The molecule has 2 atom stereocenters. The number of nitrogens with zero attached hydrogens (tertiary/aromatic N) is 1. The molecule has 142 valence electrons. The lowest BCUT2D eigenvalue weighted by Gasteiger charge is -2.34. The van der Waals surface area contributed by atoms with Crippen molar-refractivity contribution in [3.8, 4) is 0 Å². The Morgan fingerprint density at radius 1 is 1.20 bits per heavy atom. The van der Waals surface area contributed by atoms with Gasteiger partial charge in [-0.25, -0.2) is 8.42 Å². The lowest BCUT2D eigenvalue weighted by Crippen LogP contribution is -2.48. The molecule has 0 saturated carbocycles. The van der Waals surface area contributed by atoms with Gasteiger partial charge in [-0.15, -0.1) is 12.4 Å². The highest BCUT2D eigenvalue weighted by Crippen LogP contribution is 2.37. The average Bonchev–Trinajstić information content (AvgIpc) is 2.83. The molecule has 2 aliphatic rings. The molecule has 0 aromatic heterocycles. The molecule has 1 aromatic carbocycles. The van der Waals surface area contributed by atoms with Crippen molar-refractivity contribution in [1.82, 2.24) is 9.62 Å². The first-order valence-corrected chi connectivity index (χ1v) is 9.51. The number of nitrogens with one attached hydrogen (secondary N) is 1. The number of hydrogen-bond acceptors (Lipinski definition) is 3. The third-order valence-electron chi connectivity index (χ3n) is 4.88. The monoisotopic (exact) mass is 418 g/mol. The fourth-order valence-electron chi connectivity index (χ4n) is 3.57. The zero-order chi connectivity index (χ0) is 17.7. The van der Waals surface area contributed by atoms with E-state index in [0.29, 0.717) is 18.9 Å². The summed E-state index contributed by atoms with van der Waals surface area (Å²) >= 11 is 5.57. The Labute approximate surface area is 156 Å². The molecule has 2 bridgehead atoms. The van der Waals surface area contributed by atoms with E-state index in [0.717, 1.165) is 25.0 Å². The summed E-state index contributed by atoms with van der Waals surface area (Å²) in [6.45, 7) is 0. The molecular formula is C15H19Cl2F3N2O2S. The van der Waals surface area contributed by atoms with Crippen LogP contribution in [0.1, 0.15) is 31.2 Å². The maximum Gasteiger partial charge on any atom is 0.417 e. The van der Waals surface area contributed by atoms with Crippen LogP contribution < -0.4 is 5.32 Å². The van der Waals surface area contributed by atoms with Crippen LogP contribution in [-0.2, 0) is 16.2 Å². The zero-order valence-electron chi connectivity index (χ0n) is 13.4. The minimum absolute atomic E-state index is 0. The van der Waals surface area contributed by atoms with Crippen LogP contribution in [0.4, 0.5) is 13.2 Å². The largest absolute Gasteiger partial charge is 0.417 e. The molecule has 0 amide bonds. The number of sulfonamides is 1. The Morgan fingerprint density at radius 2 is 1.76 bits per heavy atom. The van der Waals surface area contributed by atoms with E-state index in [1.807, 2.05) is 0 Å². The van der Waals surface area contributed by atoms with Crippen LogP contribution in [0.25, 0.3) is 0 Å². The summed E-state index contributed by atoms with van der Waals surface area (Å²) in [5.74, 6) is 0. The van der Waals surface area contributed by atoms with Gasteiger partial charge in [-0.3, -0.25) is 0 Å². The van der Waals surface area contributed by atoms with Crippen LogP contribution in [0.5, 0.6) is 0 Å². The minimum Gasteiger partial charge on any atom is -0.311 e. The van der Waals surface area contributed by atoms with Crippen molar-refractivity contribution in [1.29, 1.82) is 0 Å². The van der Waals surface area contributed by atoms with Gasteiger partial charge in [0.05, 0.1) is 15.5 Å². The molecule has 10 heteroatoms. The highest BCUT2D eigenvalue weighted by atomic mass is 35.5. The van der Waals surface area contributed by atoms with E-state index in [4.69, 9.17) is 11.6 Å². The molecule has 3 rings (SSSR count). The van der Waals surface area contributed by atoms with E-state index in [2.05, 4.69) is 5.32 Å². The van der Waals surface area contributed by atoms with Gasteiger partial charge in [-0.2, -0.15) is 17.5 Å². The van der Waals surface area contributed by atoms with Gasteiger partial charge in [0.15, 0.2) is 0 Å². The predicted molar refractivity (Wildman–Crippen MR) is 91.6 cm³/mol. The third kappa shape index (κ3) is 4.08. The molecule has 2 saturated heterocycles. The van der Waals surface area contributed by atoms with Gasteiger partial charge in [-0.1, -0.05) is 11.6 Å². The second kappa shape index (κ2) is 7.23. The molecule has 1 aromatic rings. The number of rotatable bonds is 3. The Morgan fingerprint density at radius 3 is 2.28 bits per heavy atom. The standard InChI is InChI=1S/C15H18ClF3N2O2S.ClH/c1-21(11-6-9-2-3-10(7-11)20-9)24(22,23)12-4-5-14(16)13(8-12)15(17,18)19;/h4-5,8-11,20H,2-3,6-7H2,1H3;1H. The Hall–Kier alpha value is -0.540. The number of hydrogen-bond donors (Lipinski definition) is 1. The summed E-state index contributed by atoms with van der Waals surface area (Å²) in [6.07, 6.45) is -1.34. The molecule has 4 nitrogen and oxygen atoms in total. The van der Waals surface area contributed by atoms with Crippen molar-refractivity contribution in [3.05, 3.63) is 28.8 Å². The summed E-state index contributed by atoms with van der Waals surface area (Å²) in [4.78, 5) is -0.382. The number of fused-ring (bicyclic) bond motifs is 2. The van der Waals surface area contributed by atoms with Gasteiger partial charge in [0.2, 0.25) is 10.0 Å². The molecule has 0 aliphatic carbocycles. The molecule has 2 aliphatic heterocycles. The SMILES string of the molecule is CN(C1CC2CCC(C1)N2)S(=O)(=O)c1ccc(Cl)c(C(F)(F)F)c1.Cl. The van der Waals surface area contributed by atoms with Crippen LogP contribution in [0.2, 0.25) is 5.02 Å². The fourth-order valence-corrected chi connectivity index (χ4v) is 5.20. The maximum absolute atomic E-state index is 13.0. The second-order valence-electron chi connectivity index (χ2n) is 6.42. The van der Waals surface area contributed by atoms with E-state index in [1.54, 1.807) is 0 Å². The summed E-state index contributed by atoms with van der Waals surface area (Å²) in [7, 11) is -2.57. The van der Waals surface area contributed by atoms with Gasteiger partial charge >= 0.3 is 6.18 Å². The average molecular weight is 419 g/mol. The lowest BCUT2D eigenvalue weighted by molar-refractivity contribution is -0.137. The molecule has 2 unspecified atom stereocenters. The molecule has 2 fully saturated rings. The normalized spacial score (nSPS) is 26.6. The highest BCUT2D eigenvalue weighted by molar-refractivity contribution is 7.89. The number of piperidine rings is 1. The summed E-state index contributed by atoms with van der Waals surface area (Å²) in [5.41, 5.74) is -1.14. The van der Waals surface area contributed by atoms with Gasteiger partial charge in [0.1, 0.15) is 0 Å². The van der Waals surface area contributed by atoms with Crippen molar-refractivity contribution in [2.24, 2.45) is 0 Å². The smallest absolute Gasteiger partial charge is 0.311 e. The number of alkyl halides is 3. The van der Waals surface area contributed by atoms with Crippen LogP contribution in [-0.4, -0.2) is 37.9 Å². The zero-order valence-corrected chi connectivity index (χ0v) is 15.8. The van der Waals surface area contributed by atoms with Gasteiger partial charge < -0.3 is 5.32 Å². The third-order valence-corrected chi connectivity index (χ3v) is 7.12. The minimum atomic E-state index is -4.70. The Kier molecular flexibility index (Phi) is 6.01. The summed E-state index contributed by atoms with van der Waals surface area (Å²) < 4.78 is 65.7. The van der Waals surface area contributed by atoms with E-state index in [-0.39, 0.29) is 35.4 Å². The van der Waals surface area contributed by atoms with Crippen LogP contribution in [0.15, 0.2) is 23.1 Å². The fraction of sp³-hybridized carbons (Fsp3) is 0.600. The first-order valence-electron chi connectivity index (χ1n) is 7.70. The van der Waals surface area contributed by atoms with Crippen molar-refractivity contribution >= 4 is 34.0 Å². The van der Waals surface area contributed by atoms with E-state index in [9.17, 15) is 21.6 Å². The number of halogens is 5. The number of benzene rings is 1. The molecule has 1 N–H and O–H groups in total. The van der Waals surface area contributed by atoms with Crippen LogP contribution >= 0.6 is 24.0 Å². The van der Waals surface area contributed by atoms with Crippen LogP contribution in [0.3, 0.4) is 0 Å². The lowest BCUT2D eigenvalue weighted by atomic mass is 10.0. The van der Waals surface area contributed by atoms with E-state index in [1.165, 1.54) is 11.4 Å². The van der Waals surface area contributed by atoms with Gasteiger partial charge in [-0.05, 0) is 43.9 Å². The Balaban J connectivity index is 0.00000225. The molecule has 25 heavy (non-hydrogen) atoms. The van der Waals surface area contributed by atoms with E-state index < -0.39 is 26.8 Å². The van der Waals surface area contributed by atoms with E-state index >= 15 is 0 Å². The van der Waals surface area contributed by atoms with Crippen molar-refractivity contribution < 1.29 is 21.6 Å². The Bertz CT molecular complexity index is 731. The molecule has 0 radical (unpaired) electrons. The van der Waals surface area contributed by atoms with Crippen molar-refractivity contribution in [2.45, 2.75) is 54.9 Å². The summed E-state index contributed by atoms with van der Waals surface area (Å²) in [6, 6.07) is 3.07. The quantitative estimate of drug-likeness (QED) is 0.814. The van der Waals surface area contributed by atoms with Gasteiger partial charge in [0, 0.05) is 25.2 Å². The predicted octanol–water partition coefficient (Wildman–Crippen LogP) is 3.68. The van der Waals surface area contributed by atoms with Crippen molar-refractivity contribution in [2.75, 3.05) is 7.05 Å². The molecule has 0 spiro atoms. The first-order chi connectivity index (χ1) is 11.1. The molecule has 2 heterocycles. The second-order valence-corrected chi connectivity index (χ2v) is 8.83. The first kappa shape index (κ1) is 20.8. The highest BCUT2D eigenvalue weighted by Gasteiger charge is 2.40. The maximum atomic E-state index is 13.0. The molecular weight excluding hydrogens is 400 g/mol. The van der Waals surface area contributed by atoms with Gasteiger partial charge in [0.25, 0.3) is 0 Å². The summed E-state index contributed by atoms with van der Waals surface area (Å²) in [5, 5.41) is 2.90.